The average molecular weight is 342 g/mol. The van der Waals surface area contributed by atoms with Gasteiger partial charge in [-0.15, -0.1) is 0 Å². The Kier molecular flexibility index (Phi) is 7.45. The Bertz CT molecular complexity index is 641. The Morgan fingerprint density at radius 1 is 0.880 bits per heavy atom. The van der Waals surface area contributed by atoms with Gasteiger partial charge in [0.1, 0.15) is 11.5 Å². The molecule has 0 saturated carbocycles. The highest BCUT2D eigenvalue weighted by atomic mass is 16.5. The molecule has 0 aromatic heterocycles. The summed E-state index contributed by atoms with van der Waals surface area (Å²) in [6.07, 6.45) is 0.162. The van der Waals surface area contributed by atoms with E-state index in [0.29, 0.717) is 5.92 Å². The van der Waals surface area contributed by atoms with Crippen molar-refractivity contribution in [3.05, 3.63) is 48.5 Å². The molecule has 136 valence electrons. The number of hydrogen-bond donors (Lipinski definition) is 2. The van der Waals surface area contributed by atoms with Gasteiger partial charge in [0.05, 0.1) is 18.4 Å². The minimum absolute atomic E-state index is 0.162. The van der Waals surface area contributed by atoms with Gasteiger partial charge in [-0.3, -0.25) is 0 Å². The molecular formula is C21H30N2O2. The molecule has 25 heavy (non-hydrogen) atoms. The number of rotatable bonds is 10. The van der Waals surface area contributed by atoms with Crippen LogP contribution in [0, 0.1) is 5.92 Å². The van der Waals surface area contributed by atoms with Crippen LogP contribution in [0.5, 0.6) is 11.5 Å². The predicted octanol–water partition coefficient (Wildman–Crippen LogP) is 5.03. The van der Waals surface area contributed by atoms with Crippen molar-refractivity contribution in [2.75, 3.05) is 30.3 Å². The van der Waals surface area contributed by atoms with Crippen molar-refractivity contribution in [2.24, 2.45) is 5.92 Å². The fraction of sp³-hybridized carbons (Fsp3) is 0.429. The first kappa shape index (κ1) is 19.0. The number of anilines is 2. The zero-order chi connectivity index (χ0) is 18.1. The molecule has 0 atom stereocenters. The summed E-state index contributed by atoms with van der Waals surface area (Å²) in [6.45, 7) is 10.7. The van der Waals surface area contributed by atoms with E-state index in [0.717, 1.165) is 42.6 Å². The van der Waals surface area contributed by atoms with Crippen molar-refractivity contribution in [2.45, 2.75) is 33.8 Å². The molecule has 0 unspecified atom stereocenters. The number of benzene rings is 2. The van der Waals surface area contributed by atoms with Crippen molar-refractivity contribution in [3.8, 4) is 11.5 Å². The van der Waals surface area contributed by atoms with E-state index in [2.05, 4.69) is 30.5 Å². The summed E-state index contributed by atoms with van der Waals surface area (Å²) in [7, 11) is 0. The van der Waals surface area contributed by atoms with Crippen LogP contribution in [-0.2, 0) is 0 Å². The molecule has 0 spiro atoms. The molecule has 0 saturated heterocycles. The molecule has 4 heteroatoms. The zero-order valence-corrected chi connectivity index (χ0v) is 15.7. The van der Waals surface area contributed by atoms with E-state index in [1.807, 2.05) is 56.3 Å². The molecule has 2 rings (SSSR count). The number of ether oxygens (including phenoxy) is 2. The van der Waals surface area contributed by atoms with Crippen LogP contribution < -0.4 is 20.1 Å². The second-order valence-corrected chi connectivity index (χ2v) is 6.75. The fourth-order valence-corrected chi connectivity index (χ4v) is 2.33. The van der Waals surface area contributed by atoms with E-state index in [9.17, 15) is 0 Å². The molecule has 0 fully saturated rings. The lowest BCUT2D eigenvalue weighted by molar-refractivity contribution is 0.243. The largest absolute Gasteiger partial charge is 0.493 e. The molecule has 2 aromatic carbocycles. The third kappa shape index (κ3) is 6.96. The van der Waals surface area contributed by atoms with Gasteiger partial charge in [0, 0.05) is 24.8 Å². The van der Waals surface area contributed by atoms with Gasteiger partial charge >= 0.3 is 0 Å². The molecule has 0 radical (unpaired) electrons. The van der Waals surface area contributed by atoms with Crippen molar-refractivity contribution >= 4 is 11.4 Å². The van der Waals surface area contributed by atoms with Crippen LogP contribution in [0.3, 0.4) is 0 Å². The van der Waals surface area contributed by atoms with Gasteiger partial charge in [-0.2, -0.15) is 0 Å². The van der Waals surface area contributed by atoms with Crippen molar-refractivity contribution in [1.29, 1.82) is 0 Å². The van der Waals surface area contributed by atoms with Crippen LogP contribution >= 0.6 is 0 Å². The lowest BCUT2D eigenvalue weighted by Crippen LogP contribution is -2.15. The maximum absolute atomic E-state index is 5.82. The van der Waals surface area contributed by atoms with Gasteiger partial charge in [0.25, 0.3) is 0 Å². The Morgan fingerprint density at radius 3 is 2.40 bits per heavy atom. The van der Waals surface area contributed by atoms with Gasteiger partial charge < -0.3 is 20.1 Å². The molecular weight excluding hydrogens is 312 g/mol. The third-order valence-electron chi connectivity index (χ3n) is 3.44. The summed E-state index contributed by atoms with van der Waals surface area (Å²) in [5.41, 5.74) is 2.08. The molecule has 0 amide bonds. The average Bonchev–Trinajstić information content (AvgIpc) is 2.58. The van der Waals surface area contributed by atoms with E-state index in [4.69, 9.17) is 9.47 Å². The molecule has 0 aliphatic heterocycles. The first-order chi connectivity index (χ1) is 12.0. The Balaban J connectivity index is 1.81. The summed E-state index contributed by atoms with van der Waals surface area (Å²) in [5.74, 6) is 2.32. The lowest BCUT2D eigenvalue weighted by atomic mass is 10.2. The topological polar surface area (TPSA) is 42.5 Å². The van der Waals surface area contributed by atoms with Gasteiger partial charge in [0.15, 0.2) is 0 Å². The quantitative estimate of drug-likeness (QED) is 0.594. The molecule has 2 N–H and O–H groups in total. The lowest BCUT2D eigenvalue weighted by Gasteiger charge is -2.16. The highest BCUT2D eigenvalue weighted by Crippen LogP contribution is 2.24. The molecule has 4 nitrogen and oxygen atoms in total. The number of para-hydroxylation sites is 2. The van der Waals surface area contributed by atoms with Crippen LogP contribution in [0.2, 0.25) is 0 Å². The third-order valence-corrected chi connectivity index (χ3v) is 3.44. The standard InChI is InChI=1S/C21H30N2O2/c1-16(2)15-24-19-9-7-8-18(14-19)22-12-13-23-20-10-5-6-11-21(20)25-17(3)4/h5-11,14,16-17,22-23H,12-13,15H2,1-4H3. The van der Waals surface area contributed by atoms with E-state index >= 15 is 0 Å². The minimum atomic E-state index is 0.162. The highest BCUT2D eigenvalue weighted by molar-refractivity contribution is 5.56. The SMILES string of the molecule is CC(C)COc1cccc(NCCNc2ccccc2OC(C)C)c1. The Hall–Kier alpha value is -2.36. The van der Waals surface area contributed by atoms with E-state index in [1.54, 1.807) is 0 Å². The summed E-state index contributed by atoms with van der Waals surface area (Å²) in [4.78, 5) is 0. The highest BCUT2D eigenvalue weighted by Gasteiger charge is 2.04. The van der Waals surface area contributed by atoms with E-state index in [1.165, 1.54) is 0 Å². The minimum Gasteiger partial charge on any atom is -0.493 e. The number of nitrogens with one attached hydrogen (secondary N) is 2. The van der Waals surface area contributed by atoms with Crippen LogP contribution in [-0.4, -0.2) is 25.8 Å². The van der Waals surface area contributed by atoms with Gasteiger partial charge in [-0.05, 0) is 44.0 Å². The predicted molar refractivity (Wildman–Crippen MR) is 106 cm³/mol. The molecule has 0 aliphatic rings. The molecule has 0 aliphatic carbocycles. The monoisotopic (exact) mass is 342 g/mol. The van der Waals surface area contributed by atoms with Gasteiger partial charge in [-0.25, -0.2) is 0 Å². The Morgan fingerprint density at radius 2 is 1.64 bits per heavy atom. The second kappa shape index (κ2) is 9.82. The molecule has 0 heterocycles. The molecule has 0 bridgehead atoms. The number of hydrogen-bond acceptors (Lipinski definition) is 4. The van der Waals surface area contributed by atoms with Gasteiger partial charge in [0.2, 0.25) is 0 Å². The van der Waals surface area contributed by atoms with Gasteiger partial charge in [-0.1, -0.05) is 32.0 Å². The van der Waals surface area contributed by atoms with Crippen LogP contribution in [0.25, 0.3) is 0 Å². The summed E-state index contributed by atoms with van der Waals surface area (Å²) >= 11 is 0. The fourth-order valence-electron chi connectivity index (χ4n) is 2.33. The van der Waals surface area contributed by atoms with Crippen LogP contribution in [0.4, 0.5) is 11.4 Å². The van der Waals surface area contributed by atoms with Crippen LogP contribution in [0.15, 0.2) is 48.5 Å². The first-order valence-electron chi connectivity index (χ1n) is 9.01. The summed E-state index contributed by atoms with van der Waals surface area (Å²) in [6, 6.07) is 16.1. The summed E-state index contributed by atoms with van der Waals surface area (Å²) < 4.78 is 11.6. The van der Waals surface area contributed by atoms with Crippen molar-refractivity contribution in [3.63, 3.8) is 0 Å². The van der Waals surface area contributed by atoms with E-state index in [-0.39, 0.29) is 6.10 Å². The first-order valence-corrected chi connectivity index (χ1v) is 9.01. The van der Waals surface area contributed by atoms with Crippen molar-refractivity contribution < 1.29 is 9.47 Å². The Labute approximate surface area is 151 Å². The maximum atomic E-state index is 5.82. The molecule has 2 aromatic rings. The van der Waals surface area contributed by atoms with Crippen molar-refractivity contribution in [1.82, 2.24) is 0 Å². The normalized spacial score (nSPS) is 10.8. The zero-order valence-electron chi connectivity index (χ0n) is 15.7. The smallest absolute Gasteiger partial charge is 0.142 e. The van der Waals surface area contributed by atoms with Crippen LogP contribution in [0.1, 0.15) is 27.7 Å². The maximum Gasteiger partial charge on any atom is 0.142 e. The second-order valence-electron chi connectivity index (χ2n) is 6.75. The van der Waals surface area contributed by atoms with E-state index < -0.39 is 0 Å². The summed E-state index contributed by atoms with van der Waals surface area (Å²) in [5, 5.41) is 6.84.